The van der Waals surface area contributed by atoms with Gasteiger partial charge >= 0.3 is 0 Å². The van der Waals surface area contributed by atoms with Crippen LogP contribution in [0.3, 0.4) is 0 Å². The van der Waals surface area contributed by atoms with Crippen molar-refractivity contribution in [1.82, 2.24) is 20.2 Å². The molecule has 0 aliphatic carbocycles. The Hall–Kier alpha value is -3.56. The van der Waals surface area contributed by atoms with Crippen molar-refractivity contribution in [1.29, 1.82) is 0 Å². The highest BCUT2D eigenvalue weighted by Crippen LogP contribution is 2.50. The Balaban J connectivity index is 1.53. The molecule has 4 atom stereocenters. The highest BCUT2D eigenvalue weighted by atomic mass is 16.3. The molecule has 34 heavy (non-hydrogen) atoms. The van der Waals surface area contributed by atoms with Gasteiger partial charge in [0.1, 0.15) is 23.6 Å². The van der Waals surface area contributed by atoms with Crippen molar-refractivity contribution in [2.45, 2.75) is 56.6 Å². The van der Waals surface area contributed by atoms with Crippen LogP contribution in [-0.2, 0) is 15.2 Å². The van der Waals surface area contributed by atoms with Crippen LogP contribution in [-0.4, -0.2) is 38.2 Å². The minimum atomic E-state index is -1.61. The molecule has 3 aromatic rings. The lowest BCUT2D eigenvalue weighted by Crippen LogP contribution is -2.55. The smallest absolute Gasteiger partial charge is 0.262 e. The molecule has 9 heteroatoms. The van der Waals surface area contributed by atoms with E-state index in [1.165, 1.54) is 4.57 Å². The summed E-state index contributed by atoms with van der Waals surface area (Å²) in [6.07, 6.45) is -0.875. The molecule has 3 N–H and O–H groups in total. The van der Waals surface area contributed by atoms with Gasteiger partial charge in [0, 0.05) is 12.0 Å². The predicted octanol–water partition coefficient (Wildman–Crippen LogP) is 1.46. The molecule has 0 bridgehead atoms. The van der Waals surface area contributed by atoms with Crippen molar-refractivity contribution in [3.05, 3.63) is 70.3 Å². The molecule has 6 rings (SSSR count). The number of benzene rings is 2. The molecular formula is C25H25N5O4. The van der Waals surface area contributed by atoms with Crippen LogP contribution in [0, 0.1) is 0 Å². The van der Waals surface area contributed by atoms with Gasteiger partial charge in [-0.25, -0.2) is 4.98 Å². The van der Waals surface area contributed by atoms with Crippen LogP contribution in [0.2, 0.25) is 0 Å². The first-order valence-corrected chi connectivity index (χ1v) is 11.4. The van der Waals surface area contributed by atoms with Gasteiger partial charge in [0.2, 0.25) is 11.8 Å². The van der Waals surface area contributed by atoms with Crippen LogP contribution in [0.1, 0.15) is 50.7 Å². The molecule has 3 aliphatic heterocycles. The lowest BCUT2D eigenvalue weighted by atomic mass is 9.85. The number of nitrogens with zero attached hydrogens (tertiary/aromatic N) is 3. The van der Waals surface area contributed by atoms with Crippen molar-refractivity contribution < 1.29 is 14.7 Å². The second kappa shape index (κ2) is 6.74. The standard InChI is InChI=1S/C25H25N5O4/c1-13-19-27-16-10-6-4-8-14(16)21(32)29(19)18(20(31)26-13)12-25(34)15-9-5-7-11-17(15)30-22(25)28-24(2,3)23(30)33/h4-11,13,18,22,28,34H,12H2,1-3H3,(H,26,31)/t13-,18+,22?,25-/m0/s1. The molecule has 4 heterocycles. The summed E-state index contributed by atoms with van der Waals surface area (Å²) in [5.41, 5.74) is -1.11. The molecule has 0 spiro atoms. The predicted molar refractivity (Wildman–Crippen MR) is 125 cm³/mol. The number of rotatable bonds is 2. The van der Waals surface area contributed by atoms with Gasteiger partial charge in [-0.05, 0) is 39.0 Å². The Morgan fingerprint density at radius 2 is 1.76 bits per heavy atom. The molecule has 0 radical (unpaired) electrons. The van der Waals surface area contributed by atoms with E-state index in [1.54, 1.807) is 62.1 Å². The highest BCUT2D eigenvalue weighted by Gasteiger charge is 2.61. The number of hydrogen-bond acceptors (Lipinski definition) is 6. The first kappa shape index (κ1) is 21.0. The third kappa shape index (κ3) is 2.62. The SMILES string of the molecule is C[C@@H]1NC(=O)[C@@H](C[C@]2(O)c3ccccc3N3C(=O)C(C)(C)NC32)n2c1nc1ccccc1c2=O. The molecule has 2 amide bonds. The summed E-state index contributed by atoms with van der Waals surface area (Å²) >= 11 is 0. The molecule has 0 saturated carbocycles. The Kier molecular flexibility index (Phi) is 4.16. The maximum absolute atomic E-state index is 13.6. The molecule has 3 aliphatic rings. The van der Waals surface area contributed by atoms with E-state index in [-0.39, 0.29) is 23.8 Å². The molecule has 1 unspecified atom stereocenters. The van der Waals surface area contributed by atoms with Crippen molar-refractivity contribution in [2.24, 2.45) is 0 Å². The summed E-state index contributed by atoms with van der Waals surface area (Å²) in [6, 6.07) is 12.7. The summed E-state index contributed by atoms with van der Waals surface area (Å²) in [5, 5.41) is 18.7. The number of aliphatic hydroxyl groups is 1. The fourth-order valence-corrected chi connectivity index (χ4v) is 5.63. The number of carbonyl (C=O) groups is 2. The lowest BCUT2D eigenvalue weighted by molar-refractivity contribution is -0.129. The van der Waals surface area contributed by atoms with Crippen LogP contribution < -0.4 is 21.1 Å². The van der Waals surface area contributed by atoms with Crippen molar-refractivity contribution in [2.75, 3.05) is 4.90 Å². The zero-order valence-corrected chi connectivity index (χ0v) is 19.1. The zero-order chi connectivity index (χ0) is 24.0. The number of nitrogens with one attached hydrogen (secondary N) is 2. The number of fused-ring (bicyclic) bond motifs is 5. The fraction of sp³-hybridized carbons (Fsp3) is 0.360. The summed E-state index contributed by atoms with van der Waals surface area (Å²) in [5.74, 6) is -0.0873. The highest BCUT2D eigenvalue weighted by molar-refractivity contribution is 6.05. The molecular weight excluding hydrogens is 434 g/mol. The van der Waals surface area contributed by atoms with Gasteiger partial charge < -0.3 is 10.4 Å². The molecule has 1 saturated heterocycles. The number of hydrogen-bond donors (Lipinski definition) is 3. The Morgan fingerprint density at radius 1 is 1.06 bits per heavy atom. The van der Waals surface area contributed by atoms with Gasteiger partial charge in [0.05, 0.1) is 28.2 Å². The maximum atomic E-state index is 13.6. The summed E-state index contributed by atoms with van der Waals surface area (Å²) < 4.78 is 1.41. The molecule has 2 aromatic carbocycles. The topological polar surface area (TPSA) is 117 Å². The number of amides is 2. The van der Waals surface area contributed by atoms with Gasteiger partial charge in [0.25, 0.3) is 5.56 Å². The summed E-state index contributed by atoms with van der Waals surface area (Å²) in [6.45, 7) is 5.31. The summed E-state index contributed by atoms with van der Waals surface area (Å²) in [7, 11) is 0. The first-order chi connectivity index (χ1) is 16.1. The number of aromatic nitrogens is 2. The quantitative estimate of drug-likeness (QED) is 0.534. The monoisotopic (exact) mass is 459 g/mol. The molecule has 9 nitrogen and oxygen atoms in total. The van der Waals surface area contributed by atoms with Gasteiger partial charge in [-0.1, -0.05) is 30.3 Å². The number of para-hydroxylation sites is 2. The number of carbonyl (C=O) groups excluding carboxylic acids is 2. The van der Waals surface area contributed by atoms with Gasteiger partial charge in [-0.2, -0.15) is 0 Å². The van der Waals surface area contributed by atoms with E-state index in [2.05, 4.69) is 15.6 Å². The Morgan fingerprint density at radius 3 is 2.56 bits per heavy atom. The van der Waals surface area contributed by atoms with Crippen molar-refractivity contribution >= 4 is 28.4 Å². The third-order valence-corrected chi connectivity index (χ3v) is 7.29. The van der Waals surface area contributed by atoms with Crippen molar-refractivity contribution in [3.63, 3.8) is 0 Å². The maximum Gasteiger partial charge on any atom is 0.262 e. The van der Waals surface area contributed by atoms with Crippen molar-refractivity contribution in [3.8, 4) is 0 Å². The second-order valence-electron chi connectivity index (χ2n) is 9.90. The second-order valence-corrected chi connectivity index (χ2v) is 9.90. The molecule has 1 fully saturated rings. The first-order valence-electron chi connectivity index (χ1n) is 11.4. The number of anilines is 1. The largest absolute Gasteiger partial charge is 0.381 e. The van der Waals surface area contributed by atoms with E-state index < -0.39 is 29.4 Å². The van der Waals surface area contributed by atoms with Gasteiger partial charge in [-0.3, -0.25) is 29.2 Å². The van der Waals surface area contributed by atoms with E-state index >= 15 is 0 Å². The average molecular weight is 460 g/mol. The van der Waals surface area contributed by atoms with Gasteiger partial charge in [0.15, 0.2) is 0 Å². The lowest BCUT2D eigenvalue weighted by Gasteiger charge is -2.37. The van der Waals surface area contributed by atoms with E-state index in [4.69, 9.17) is 0 Å². The Bertz CT molecular complexity index is 1450. The fourth-order valence-electron chi connectivity index (χ4n) is 5.63. The van der Waals surface area contributed by atoms with Crippen LogP contribution >= 0.6 is 0 Å². The van der Waals surface area contributed by atoms with Crippen LogP contribution in [0.15, 0.2) is 53.3 Å². The minimum Gasteiger partial charge on any atom is -0.381 e. The van der Waals surface area contributed by atoms with E-state index in [0.717, 1.165) is 0 Å². The van der Waals surface area contributed by atoms with Gasteiger partial charge in [-0.15, -0.1) is 0 Å². The molecule has 174 valence electrons. The average Bonchev–Trinajstić information content (AvgIpc) is 3.19. The van der Waals surface area contributed by atoms with E-state index in [0.29, 0.717) is 28.0 Å². The third-order valence-electron chi connectivity index (χ3n) is 7.29. The van der Waals surface area contributed by atoms with E-state index in [9.17, 15) is 19.5 Å². The van der Waals surface area contributed by atoms with Crippen LogP contribution in [0.25, 0.3) is 10.9 Å². The Labute approximate surface area is 195 Å². The van der Waals surface area contributed by atoms with Crippen LogP contribution in [0.4, 0.5) is 5.69 Å². The minimum absolute atomic E-state index is 0.104. The van der Waals surface area contributed by atoms with E-state index in [1.807, 2.05) is 12.1 Å². The zero-order valence-electron chi connectivity index (χ0n) is 19.1. The van der Waals surface area contributed by atoms with Crippen LogP contribution in [0.5, 0.6) is 0 Å². The molecule has 1 aromatic heterocycles. The normalized spacial score (nSPS) is 29.1. The summed E-state index contributed by atoms with van der Waals surface area (Å²) in [4.78, 5) is 46.2.